The summed E-state index contributed by atoms with van der Waals surface area (Å²) < 4.78 is 12.1. The van der Waals surface area contributed by atoms with Gasteiger partial charge in [-0.05, 0) is 51.4 Å². The van der Waals surface area contributed by atoms with Crippen molar-refractivity contribution in [1.29, 1.82) is 0 Å². The van der Waals surface area contributed by atoms with Gasteiger partial charge in [0, 0.05) is 12.5 Å². The van der Waals surface area contributed by atoms with Crippen LogP contribution in [0.5, 0.6) is 0 Å². The topological polar surface area (TPSA) is 81.9 Å². The molecular formula is C21H38N2O4Si. The Bertz CT molecular complexity index is 687. The van der Waals surface area contributed by atoms with Gasteiger partial charge in [0.25, 0.3) is 0 Å². The number of fused-ring (bicyclic) bond motifs is 1. The van der Waals surface area contributed by atoms with Crippen LogP contribution in [0.1, 0.15) is 55.4 Å². The van der Waals surface area contributed by atoms with Crippen molar-refractivity contribution in [3.8, 4) is 0 Å². The fourth-order valence-corrected chi connectivity index (χ4v) is 5.36. The molecule has 7 heteroatoms. The lowest BCUT2D eigenvalue weighted by Gasteiger charge is -2.50. The summed E-state index contributed by atoms with van der Waals surface area (Å²) in [5.74, 6) is -0.772. The number of ether oxygens (including phenoxy) is 1. The molecule has 1 saturated heterocycles. The highest BCUT2D eigenvalue weighted by Crippen LogP contribution is 2.49. The molecule has 2 aliphatic rings. The molecule has 160 valence electrons. The largest absolute Gasteiger partial charge is 0.455 e. The van der Waals surface area contributed by atoms with E-state index in [0.717, 1.165) is 5.57 Å². The van der Waals surface area contributed by atoms with Crippen LogP contribution in [0.25, 0.3) is 0 Å². The van der Waals surface area contributed by atoms with Gasteiger partial charge in [-0.2, -0.15) is 0 Å². The van der Waals surface area contributed by atoms with E-state index in [9.17, 15) is 9.59 Å². The molecule has 0 bridgehead atoms. The molecule has 0 spiro atoms. The lowest BCUT2D eigenvalue weighted by Crippen LogP contribution is -2.65. The lowest BCUT2D eigenvalue weighted by atomic mass is 9.78. The SMILES string of the molecule is C[C@@H](O[Si](C)(C)C(C)(C)C)[C@H]1C(=O)N2C(C(=O)OC(C)(C)C)=C(CN)[C@H](C)[C@H]12. The van der Waals surface area contributed by atoms with E-state index in [4.69, 9.17) is 14.9 Å². The molecule has 0 unspecified atom stereocenters. The van der Waals surface area contributed by atoms with Crippen molar-refractivity contribution in [2.45, 2.75) is 91.3 Å². The number of β-lactam (4-membered cyclic amide) rings is 1. The zero-order valence-electron chi connectivity index (χ0n) is 19.2. The zero-order chi connectivity index (χ0) is 21.8. The van der Waals surface area contributed by atoms with E-state index in [1.165, 1.54) is 0 Å². The van der Waals surface area contributed by atoms with Crippen molar-refractivity contribution in [2.75, 3.05) is 6.54 Å². The van der Waals surface area contributed by atoms with Crippen LogP contribution in [-0.4, -0.2) is 49.4 Å². The molecule has 0 aliphatic carbocycles. The number of hydrogen-bond donors (Lipinski definition) is 1. The number of esters is 1. The van der Waals surface area contributed by atoms with E-state index in [-0.39, 0.29) is 41.5 Å². The summed E-state index contributed by atoms with van der Waals surface area (Å²) in [7, 11) is -2.01. The van der Waals surface area contributed by atoms with Crippen LogP contribution in [0.3, 0.4) is 0 Å². The molecule has 1 amide bonds. The summed E-state index contributed by atoms with van der Waals surface area (Å²) in [4.78, 5) is 27.5. The molecular weight excluding hydrogens is 372 g/mol. The van der Waals surface area contributed by atoms with Gasteiger partial charge in [-0.25, -0.2) is 4.79 Å². The lowest BCUT2D eigenvalue weighted by molar-refractivity contribution is -0.166. The molecule has 0 saturated carbocycles. The van der Waals surface area contributed by atoms with Gasteiger partial charge in [0.2, 0.25) is 5.91 Å². The second-order valence-electron chi connectivity index (χ2n) is 10.7. The summed E-state index contributed by atoms with van der Waals surface area (Å²) in [6.07, 6.45) is -0.200. The number of nitrogens with two attached hydrogens (primary N) is 1. The first-order valence-electron chi connectivity index (χ1n) is 10.2. The Kier molecular flexibility index (Phi) is 5.98. The van der Waals surface area contributed by atoms with E-state index in [1.807, 2.05) is 34.6 Å². The van der Waals surface area contributed by atoms with Gasteiger partial charge in [-0.3, -0.25) is 4.79 Å². The Balaban J connectivity index is 2.26. The average molecular weight is 411 g/mol. The normalized spacial score (nSPS) is 26.9. The summed E-state index contributed by atoms with van der Waals surface area (Å²) in [5, 5.41) is 0.0668. The second-order valence-corrected chi connectivity index (χ2v) is 15.4. The van der Waals surface area contributed by atoms with E-state index >= 15 is 0 Å². The molecule has 2 aliphatic heterocycles. The molecule has 4 atom stereocenters. The third kappa shape index (κ3) is 3.93. The fraction of sp³-hybridized carbons (Fsp3) is 0.810. The molecule has 28 heavy (non-hydrogen) atoms. The number of hydrogen-bond acceptors (Lipinski definition) is 5. The molecule has 0 radical (unpaired) electrons. The summed E-state index contributed by atoms with van der Waals surface area (Å²) in [6, 6.07) is -0.0895. The van der Waals surface area contributed by atoms with Crippen LogP contribution in [0.4, 0.5) is 0 Å². The van der Waals surface area contributed by atoms with E-state index in [0.29, 0.717) is 5.70 Å². The molecule has 0 aromatic heterocycles. The van der Waals surface area contributed by atoms with Gasteiger partial charge < -0.3 is 19.8 Å². The first kappa shape index (κ1) is 23.1. The second kappa shape index (κ2) is 7.25. The third-order valence-electron chi connectivity index (χ3n) is 6.40. The predicted molar refractivity (Wildman–Crippen MR) is 113 cm³/mol. The molecule has 2 rings (SSSR count). The van der Waals surface area contributed by atoms with Gasteiger partial charge in [-0.1, -0.05) is 27.7 Å². The van der Waals surface area contributed by atoms with Gasteiger partial charge >= 0.3 is 5.97 Å². The maximum Gasteiger partial charge on any atom is 0.355 e. The Hall–Kier alpha value is -1.18. The number of nitrogens with zero attached hydrogens (tertiary/aromatic N) is 1. The van der Waals surface area contributed by atoms with Crippen molar-refractivity contribution >= 4 is 20.2 Å². The van der Waals surface area contributed by atoms with Gasteiger partial charge in [-0.15, -0.1) is 0 Å². The highest BCUT2D eigenvalue weighted by atomic mass is 28.4. The number of rotatable bonds is 5. The van der Waals surface area contributed by atoms with Crippen LogP contribution in [-0.2, 0) is 18.8 Å². The van der Waals surface area contributed by atoms with E-state index < -0.39 is 19.9 Å². The van der Waals surface area contributed by atoms with E-state index in [2.05, 4.69) is 33.9 Å². The Morgan fingerprint density at radius 2 is 1.75 bits per heavy atom. The Morgan fingerprint density at radius 1 is 1.21 bits per heavy atom. The number of carbonyl (C=O) groups excluding carboxylic acids is 2. The minimum Gasteiger partial charge on any atom is -0.455 e. The standard InChI is InChI=1S/C21H38N2O4Si/c1-12-14(11-22)17(19(25)26-20(3,4)5)23-16(12)15(18(23)24)13(2)27-28(9,10)21(6,7)8/h12-13,15-16H,11,22H2,1-10H3/t12-,13+,15+,16+/m0/s1. The van der Waals surface area contributed by atoms with Gasteiger partial charge in [0.1, 0.15) is 11.3 Å². The van der Waals surface area contributed by atoms with Crippen molar-refractivity contribution in [1.82, 2.24) is 4.90 Å². The number of carbonyl (C=O) groups is 2. The Labute approximate surface area is 170 Å². The van der Waals surface area contributed by atoms with Crippen molar-refractivity contribution in [2.24, 2.45) is 17.6 Å². The van der Waals surface area contributed by atoms with Crippen LogP contribution >= 0.6 is 0 Å². The fourth-order valence-electron chi connectivity index (χ4n) is 3.93. The maximum absolute atomic E-state index is 13.1. The molecule has 6 nitrogen and oxygen atoms in total. The summed E-state index contributed by atoms with van der Waals surface area (Å²) in [5.41, 5.74) is 6.48. The highest BCUT2D eigenvalue weighted by molar-refractivity contribution is 6.74. The van der Waals surface area contributed by atoms with Gasteiger partial charge in [0.15, 0.2) is 8.32 Å². The average Bonchev–Trinajstić information content (AvgIpc) is 2.72. The molecule has 1 fully saturated rings. The maximum atomic E-state index is 13.1. The Morgan fingerprint density at radius 3 is 2.18 bits per heavy atom. The van der Waals surface area contributed by atoms with Crippen LogP contribution in [0, 0.1) is 11.8 Å². The summed E-state index contributed by atoms with van der Waals surface area (Å²) >= 11 is 0. The van der Waals surface area contributed by atoms with Crippen molar-refractivity contribution in [3.05, 3.63) is 11.3 Å². The monoisotopic (exact) mass is 410 g/mol. The minimum absolute atomic E-state index is 0.0145. The summed E-state index contributed by atoms with van der Waals surface area (Å²) in [6.45, 7) is 20.7. The van der Waals surface area contributed by atoms with Crippen LogP contribution in [0.2, 0.25) is 18.1 Å². The quantitative estimate of drug-likeness (QED) is 0.427. The first-order chi connectivity index (χ1) is 12.5. The zero-order valence-corrected chi connectivity index (χ0v) is 20.2. The van der Waals surface area contributed by atoms with Crippen molar-refractivity contribution in [3.63, 3.8) is 0 Å². The molecule has 0 aromatic carbocycles. The third-order valence-corrected chi connectivity index (χ3v) is 11.0. The van der Waals surface area contributed by atoms with Gasteiger partial charge in [0.05, 0.1) is 18.1 Å². The number of amides is 1. The van der Waals surface area contributed by atoms with Crippen molar-refractivity contribution < 1.29 is 18.8 Å². The molecule has 0 aromatic rings. The minimum atomic E-state index is -2.01. The smallest absolute Gasteiger partial charge is 0.355 e. The van der Waals surface area contributed by atoms with Crippen LogP contribution < -0.4 is 5.73 Å². The first-order valence-corrected chi connectivity index (χ1v) is 13.1. The van der Waals surface area contributed by atoms with Crippen LogP contribution in [0.15, 0.2) is 11.3 Å². The predicted octanol–water partition coefficient (Wildman–Crippen LogP) is 3.43. The molecule has 2 N–H and O–H groups in total. The highest BCUT2D eigenvalue weighted by Gasteiger charge is 2.61. The van der Waals surface area contributed by atoms with E-state index in [1.54, 1.807) is 4.90 Å². The molecule has 2 heterocycles.